The molecule has 2 rings (SSSR count). The molecule has 1 aromatic heterocycles. The fourth-order valence-corrected chi connectivity index (χ4v) is 1.54. The molecule has 0 atom stereocenters. The normalized spacial score (nSPS) is 10.3. The Labute approximate surface area is 92.9 Å². The number of hydrogen-bond donors (Lipinski definition) is 2. The number of nitrogen functional groups attached to an aromatic ring is 1. The van der Waals surface area contributed by atoms with Crippen molar-refractivity contribution in [2.75, 3.05) is 5.73 Å². The lowest BCUT2D eigenvalue weighted by molar-refractivity contribution is 0.0974. The molecule has 4 nitrogen and oxygen atoms in total. The fraction of sp³-hybridized carbons (Fsp3) is 0.0833. The van der Waals surface area contributed by atoms with E-state index in [9.17, 15) is 4.79 Å². The van der Waals surface area contributed by atoms with Crippen LogP contribution in [-0.4, -0.2) is 5.91 Å². The van der Waals surface area contributed by atoms with E-state index in [1.807, 2.05) is 25.1 Å². The van der Waals surface area contributed by atoms with E-state index in [0.29, 0.717) is 11.4 Å². The summed E-state index contributed by atoms with van der Waals surface area (Å²) >= 11 is 0. The Morgan fingerprint density at radius 1 is 1.25 bits per heavy atom. The summed E-state index contributed by atoms with van der Waals surface area (Å²) in [7, 11) is 0. The maximum absolute atomic E-state index is 10.9. The van der Waals surface area contributed by atoms with Crippen LogP contribution < -0.4 is 11.5 Å². The number of nitrogens with two attached hydrogens (primary N) is 2. The van der Waals surface area contributed by atoms with Crippen LogP contribution in [0.4, 0.5) is 5.69 Å². The molecule has 4 heteroatoms. The molecule has 0 saturated carbocycles. The summed E-state index contributed by atoms with van der Waals surface area (Å²) in [5.74, 6) is 0.170. The van der Waals surface area contributed by atoms with Crippen LogP contribution in [-0.2, 0) is 0 Å². The van der Waals surface area contributed by atoms with Gasteiger partial charge < -0.3 is 15.9 Å². The molecule has 2 aromatic rings. The molecule has 0 fully saturated rings. The van der Waals surface area contributed by atoms with Gasteiger partial charge in [0, 0.05) is 11.3 Å². The van der Waals surface area contributed by atoms with E-state index in [0.717, 1.165) is 11.1 Å². The third-order valence-electron chi connectivity index (χ3n) is 2.49. The van der Waals surface area contributed by atoms with Crippen LogP contribution in [0, 0.1) is 6.92 Å². The third-order valence-corrected chi connectivity index (χ3v) is 2.49. The van der Waals surface area contributed by atoms with Gasteiger partial charge in [-0.2, -0.15) is 0 Å². The van der Waals surface area contributed by atoms with Crippen molar-refractivity contribution in [2.24, 2.45) is 5.73 Å². The average Bonchev–Trinajstić information content (AvgIpc) is 2.71. The van der Waals surface area contributed by atoms with E-state index < -0.39 is 5.91 Å². The summed E-state index contributed by atoms with van der Waals surface area (Å²) in [6.45, 7) is 1.90. The monoisotopic (exact) mass is 216 g/mol. The van der Waals surface area contributed by atoms with E-state index in [4.69, 9.17) is 15.9 Å². The molecule has 82 valence electrons. The fourth-order valence-electron chi connectivity index (χ4n) is 1.54. The van der Waals surface area contributed by atoms with Crippen LogP contribution in [0.2, 0.25) is 0 Å². The number of rotatable bonds is 2. The predicted molar refractivity (Wildman–Crippen MR) is 61.8 cm³/mol. The van der Waals surface area contributed by atoms with Gasteiger partial charge in [-0.25, -0.2) is 0 Å². The number of carbonyl (C=O) groups excluding carboxylic acids is 1. The van der Waals surface area contributed by atoms with E-state index in [2.05, 4.69) is 0 Å². The Hall–Kier alpha value is -2.23. The Bertz CT molecular complexity index is 544. The van der Waals surface area contributed by atoms with E-state index in [-0.39, 0.29) is 5.76 Å². The minimum absolute atomic E-state index is 0.150. The molecule has 1 heterocycles. The number of hydrogen-bond acceptors (Lipinski definition) is 3. The topological polar surface area (TPSA) is 82.2 Å². The molecule has 1 aromatic carbocycles. The van der Waals surface area contributed by atoms with Crippen LogP contribution in [0.25, 0.3) is 11.3 Å². The molecule has 0 spiro atoms. The zero-order valence-electron chi connectivity index (χ0n) is 8.86. The first-order valence-corrected chi connectivity index (χ1v) is 4.84. The van der Waals surface area contributed by atoms with Crippen molar-refractivity contribution in [3.8, 4) is 11.3 Å². The van der Waals surface area contributed by atoms with E-state index >= 15 is 0 Å². The zero-order chi connectivity index (χ0) is 11.7. The SMILES string of the molecule is Cc1c(N)cccc1-c1ccc(C(N)=O)o1. The van der Waals surface area contributed by atoms with Crippen LogP contribution >= 0.6 is 0 Å². The minimum atomic E-state index is -0.576. The van der Waals surface area contributed by atoms with Crippen molar-refractivity contribution in [3.05, 3.63) is 41.7 Å². The highest BCUT2D eigenvalue weighted by atomic mass is 16.3. The molecular formula is C12H12N2O2. The van der Waals surface area contributed by atoms with Crippen molar-refractivity contribution < 1.29 is 9.21 Å². The van der Waals surface area contributed by atoms with Crippen molar-refractivity contribution >= 4 is 11.6 Å². The second-order valence-electron chi connectivity index (χ2n) is 3.55. The molecule has 0 radical (unpaired) electrons. The first-order chi connectivity index (χ1) is 7.59. The number of carbonyl (C=O) groups is 1. The smallest absolute Gasteiger partial charge is 0.284 e. The van der Waals surface area contributed by atoms with Crippen molar-refractivity contribution in [1.82, 2.24) is 0 Å². The highest BCUT2D eigenvalue weighted by Crippen LogP contribution is 2.28. The van der Waals surface area contributed by atoms with Gasteiger partial charge in [0.25, 0.3) is 5.91 Å². The molecule has 0 aliphatic carbocycles. The van der Waals surface area contributed by atoms with E-state index in [1.54, 1.807) is 12.1 Å². The molecule has 16 heavy (non-hydrogen) atoms. The zero-order valence-corrected chi connectivity index (χ0v) is 8.86. The molecule has 0 bridgehead atoms. The van der Waals surface area contributed by atoms with Crippen LogP contribution in [0.1, 0.15) is 16.1 Å². The van der Waals surface area contributed by atoms with Crippen molar-refractivity contribution in [1.29, 1.82) is 0 Å². The molecule has 1 amide bonds. The third kappa shape index (κ3) is 1.65. The second kappa shape index (κ2) is 3.73. The Morgan fingerprint density at radius 2 is 2.00 bits per heavy atom. The molecule has 0 unspecified atom stereocenters. The quantitative estimate of drug-likeness (QED) is 0.752. The number of primary amides is 1. The summed E-state index contributed by atoms with van der Waals surface area (Å²) in [5.41, 5.74) is 13.4. The Kier molecular flexibility index (Phi) is 2.40. The number of furan rings is 1. The van der Waals surface area contributed by atoms with Gasteiger partial charge in [-0.15, -0.1) is 0 Å². The molecule has 0 aliphatic rings. The van der Waals surface area contributed by atoms with Gasteiger partial charge in [0.05, 0.1) is 0 Å². The van der Waals surface area contributed by atoms with Crippen molar-refractivity contribution in [2.45, 2.75) is 6.92 Å². The van der Waals surface area contributed by atoms with Gasteiger partial charge >= 0.3 is 0 Å². The molecule has 0 aliphatic heterocycles. The lowest BCUT2D eigenvalue weighted by atomic mass is 10.1. The van der Waals surface area contributed by atoms with Gasteiger partial charge in [0.2, 0.25) is 0 Å². The Morgan fingerprint density at radius 3 is 2.62 bits per heavy atom. The summed E-state index contributed by atoms with van der Waals surface area (Å²) in [6, 6.07) is 8.80. The van der Waals surface area contributed by atoms with Crippen LogP contribution in [0.15, 0.2) is 34.7 Å². The highest BCUT2D eigenvalue weighted by molar-refractivity contribution is 5.90. The standard InChI is InChI=1S/C12H12N2O2/c1-7-8(3-2-4-9(7)13)10-5-6-11(16-10)12(14)15/h2-6H,13H2,1H3,(H2,14,15). The van der Waals surface area contributed by atoms with Gasteiger partial charge in [0.1, 0.15) is 5.76 Å². The van der Waals surface area contributed by atoms with Gasteiger partial charge in [0.15, 0.2) is 5.76 Å². The van der Waals surface area contributed by atoms with Crippen LogP contribution in [0.5, 0.6) is 0 Å². The Balaban J connectivity index is 2.50. The number of anilines is 1. The number of amides is 1. The maximum Gasteiger partial charge on any atom is 0.284 e. The lowest BCUT2D eigenvalue weighted by Crippen LogP contribution is -2.09. The van der Waals surface area contributed by atoms with Crippen LogP contribution in [0.3, 0.4) is 0 Å². The van der Waals surface area contributed by atoms with Gasteiger partial charge in [-0.3, -0.25) is 4.79 Å². The molecule has 4 N–H and O–H groups in total. The summed E-state index contributed by atoms with van der Waals surface area (Å²) in [4.78, 5) is 10.9. The average molecular weight is 216 g/mol. The molecule has 0 saturated heterocycles. The van der Waals surface area contributed by atoms with Gasteiger partial charge in [-0.1, -0.05) is 12.1 Å². The first kappa shape index (κ1) is 10.3. The summed E-state index contributed by atoms with van der Waals surface area (Å²) in [5, 5.41) is 0. The number of benzene rings is 1. The largest absolute Gasteiger partial charge is 0.451 e. The molecular weight excluding hydrogens is 204 g/mol. The highest BCUT2D eigenvalue weighted by Gasteiger charge is 2.11. The van der Waals surface area contributed by atoms with Crippen molar-refractivity contribution in [3.63, 3.8) is 0 Å². The predicted octanol–water partition coefficient (Wildman–Crippen LogP) is 1.94. The minimum Gasteiger partial charge on any atom is -0.451 e. The van der Waals surface area contributed by atoms with Gasteiger partial charge in [-0.05, 0) is 30.7 Å². The van der Waals surface area contributed by atoms with E-state index in [1.165, 1.54) is 0 Å². The lowest BCUT2D eigenvalue weighted by Gasteiger charge is -2.04. The summed E-state index contributed by atoms with van der Waals surface area (Å²) < 4.78 is 5.34. The second-order valence-corrected chi connectivity index (χ2v) is 3.55. The maximum atomic E-state index is 10.9. The first-order valence-electron chi connectivity index (χ1n) is 4.84. The summed E-state index contributed by atoms with van der Waals surface area (Å²) in [6.07, 6.45) is 0.